The molecule has 0 saturated carbocycles. The molecule has 1 amide bonds. The fraction of sp³-hybridized carbons (Fsp3) is 0. The standard InChI is InChI=1S/C10H12N4O.ClH/c11-9(15)6-3-7-1-4-8(5-2-7)14-10(12)13;/h1-6H,(H2,11,15)(H4,12,13,14);1H. The minimum absolute atomic E-state index is 0. The summed E-state index contributed by atoms with van der Waals surface area (Å²) in [4.78, 5) is 14.3. The Morgan fingerprint density at radius 1 is 1.12 bits per heavy atom. The molecule has 0 saturated heterocycles. The molecule has 0 fully saturated rings. The van der Waals surface area contributed by atoms with Crippen LogP contribution in [0.2, 0.25) is 0 Å². The maximum absolute atomic E-state index is 10.5. The van der Waals surface area contributed by atoms with Gasteiger partial charge >= 0.3 is 0 Å². The van der Waals surface area contributed by atoms with Gasteiger partial charge in [0.1, 0.15) is 0 Å². The van der Waals surface area contributed by atoms with Crippen molar-refractivity contribution in [2.24, 2.45) is 22.2 Å². The molecule has 16 heavy (non-hydrogen) atoms. The summed E-state index contributed by atoms with van der Waals surface area (Å²) in [6.07, 6.45) is 2.90. The summed E-state index contributed by atoms with van der Waals surface area (Å²) in [7, 11) is 0. The lowest BCUT2D eigenvalue weighted by molar-refractivity contribution is -0.113. The Labute approximate surface area is 99.4 Å². The first-order valence-electron chi connectivity index (χ1n) is 4.25. The molecule has 1 rings (SSSR count). The zero-order valence-corrected chi connectivity index (χ0v) is 9.28. The minimum Gasteiger partial charge on any atom is -0.370 e. The number of carbonyl (C=O) groups excluding carboxylic acids is 1. The van der Waals surface area contributed by atoms with E-state index in [2.05, 4.69) is 4.99 Å². The molecule has 6 N–H and O–H groups in total. The second kappa shape index (κ2) is 6.47. The van der Waals surface area contributed by atoms with Gasteiger partial charge in [-0.05, 0) is 23.8 Å². The number of aliphatic imine (C=N–C) groups is 1. The lowest BCUT2D eigenvalue weighted by Crippen LogP contribution is -2.21. The highest BCUT2D eigenvalue weighted by molar-refractivity contribution is 5.90. The van der Waals surface area contributed by atoms with Gasteiger partial charge in [-0.1, -0.05) is 12.1 Å². The Bertz CT molecular complexity index is 407. The van der Waals surface area contributed by atoms with Crippen molar-refractivity contribution in [3.8, 4) is 0 Å². The van der Waals surface area contributed by atoms with Crippen molar-refractivity contribution in [1.29, 1.82) is 0 Å². The summed E-state index contributed by atoms with van der Waals surface area (Å²) in [5.74, 6) is -0.473. The highest BCUT2D eigenvalue weighted by atomic mass is 35.5. The number of carbonyl (C=O) groups is 1. The molecular formula is C10H13ClN4O. The van der Waals surface area contributed by atoms with E-state index in [1.165, 1.54) is 6.08 Å². The van der Waals surface area contributed by atoms with E-state index < -0.39 is 5.91 Å². The predicted octanol–water partition coefficient (Wildman–Crippen LogP) is 0.512. The number of guanidine groups is 1. The fourth-order valence-electron chi connectivity index (χ4n) is 0.987. The Morgan fingerprint density at radius 2 is 1.69 bits per heavy atom. The Kier molecular flexibility index (Phi) is 5.66. The minimum atomic E-state index is -0.483. The van der Waals surface area contributed by atoms with Crippen LogP contribution in [0.1, 0.15) is 5.56 Å². The fourth-order valence-corrected chi connectivity index (χ4v) is 0.987. The van der Waals surface area contributed by atoms with E-state index in [0.717, 1.165) is 5.56 Å². The van der Waals surface area contributed by atoms with E-state index in [1.54, 1.807) is 30.3 Å². The monoisotopic (exact) mass is 240 g/mol. The first kappa shape index (κ1) is 14.0. The third kappa shape index (κ3) is 5.02. The van der Waals surface area contributed by atoms with Gasteiger partial charge in [0.15, 0.2) is 5.96 Å². The number of halogens is 1. The van der Waals surface area contributed by atoms with Crippen molar-refractivity contribution in [2.75, 3.05) is 0 Å². The van der Waals surface area contributed by atoms with Gasteiger partial charge in [-0.3, -0.25) is 4.79 Å². The molecule has 0 heterocycles. The van der Waals surface area contributed by atoms with Gasteiger partial charge in [0.05, 0.1) is 5.69 Å². The third-order valence-electron chi connectivity index (χ3n) is 1.59. The van der Waals surface area contributed by atoms with Crippen molar-refractivity contribution < 1.29 is 4.79 Å². The molecule has 0 aliphatic rings. The molecule has 0 aromatic heterocycles. The highest BCUT2D eigenvalue weighted by Gasteiger charge is 1.91. The van der Waals surface area contributed by atoms with E-state index in [9.17, 15) is 4.79 Å². The van der Waals surface area contributed by atoms with Crippen molar-refractivity contribution in [3.63, 3.8) is 0 Å². The molecule has 0 aliphatic carbocycles. The van der Waals surface area contributed by atoms with Gasteiger partial charge in [-0.2, -0.15) is 0 Å². The van der Waals surface area contributed by atoms with Gasteiger partial charge in [-0.15, -0.1) is 12.4 Å². The SMILES string of the molecule is Cl.NC(=O)C=Cc1ccc(N=C(N)N)cc1. The van der Waals surface area contributed by atoms with E-state index in [4.69, 9.17) is 17.2 Å². The van der Waals surface area contributed by atoms with Crippen molar-refractivity contribution in [2.45, 2.75) is 0 Å². The quantitative estimate of drug-likeness (QED) is 0.407. The molecule has 5 nitrogen and oxygen atoms in total. The van der Waals surface area contributed by atoms with E-state index in [-0.39, 0.29) is 18.4 Å². The van der Waals surface area contributed by atoms with Gasteiger partial charge in [0, 0.05) is 6.08 Å². The van der Waals surface area contributed by atoms with Crippen LogP contribution < -0.4 is 17.2 Å². The zero-order valence-electron chi connectivity index (χ0n) is 8.46. The van der Waals surface area contributed by atoms with Crippen LogP contribution in [0.5, 0.6) is 0 Å². The molecule has 0 radical (unpaired) electrons. The van der Waals surface area contributed by atoms with E-state index in [0.29, 0.717) is 5.69 Å². The molecule has 86 valence electrons. The number of nitrogens with two attached hydrogens (primary N) is 3. The number of rotatable bonds is 3. The first-order valence-corrected chi connectivity index (χ1v) is 4.25. The molecule has 0 bridgehead atoms. The van der Waals surface area contributed by atoms with E-state index >= 15 is 0 Å². The topological polar surface area (TPSA) is 107 Å². The van der Waals surface area contributed by atoms with Crippen molar-refractivity contribution in [3.05, 3.63) is 35.9 Å². The van der Waals surface area contributed by atoms with Gasteiger partial charge in [0.2, 0.25) is 5.91 Å². The number of primary amides is 1. The zero-order chi connectivity index (χ0) is 11.3. The largest absolute Gasteiger partial charge is 0.370 e. The summed E-state index contributed by atoms with van der Waals surface area (Å²) < 4.78 is 0. The second-order valence-electron chi connectivity index (χ2n) is 2.86. The molecule has 0 atom stereocenters. The summed E-state index contributed by atoms with van der Waals surface area (Å²) >= 11 is 0. The molecule has 6 heteroatoms. The van der Waals surface area contributed by atoms with Gasteiger partial charge in [-0.25, -0.2) is 4.99 Å². The highest BCUT2D eigenvalue weighted by Crippen LogP contribution is 2.13. The molecule has 0 spiro atoms. The molecule has 0 unspecified atom stereocenters. The Balaban J connectivity index is 0.00000225. The normalized spacial score (nSPS) is 9.50. The smallest absolute Gasteiger partial charge is 0.241 e. The van der Waals surface area contributed by atoms with Crippen LogP contribution in [0.25, 0.3) is 6.08 Å². The predicted molar refractivity (Wildman–Crippen MR) is 67.4 cm³/mol. The van der Waals surface area contributed by atoms with Crippen LogP contribution >= 0.6 is 12.4 Å². The maximum Gasteiger partial charge on any atom is 0.241 e. The molecule has 0 aliphatic heterocycles. The second-order valence-corrected chi connectivity index (χ2v) is 2.86. The van der Waals surface area contributed by atoms with Crippen LogP contribution in [-0.4, -0.2) is 11.9 Å². The average molecular weight is 241 g/mol. The Morgan fingerprint density at radius 3 is 2.12 bits per heavy atom. The van der Waals surface area contributed by atoms with Crippen molar-refractivity contribution in [1.82, 2.24) is 0 Å². The van der Waals surface area contributed by atoms with Crippen molar-refractivity contribution >= 4 is 36.0 Å². The van der Waals surface area contributed by atoms with Gasteiger partial charge < -0.3 is 17.2 Å². The van der Waals surface area contributed by atoms with Crippen LogP contribution in [0.4, 0.5) is 5.69 Å². The summed E-state index contributed by atoms with van der Waals surface area (Å²) in [6, 6.07) is 7.03. The summed E-state index contributed by atoms with van der Waals surface area (Å²) in [6.45, 7) is 0. The van der Waals surface area contributed by atoms with Crippen LogP contribution in [0.15, 0.2) is 35.3 Å². The molecule has 1 aromatic rings. The number of benzene rings is 1. The molecule has 1 aromatic carbocycles. The summed E-state index contributed by atoms with van der Waals surface area (Å²) in [5, 5.41) is 0. The van der Waals surface area contributed by atoms with E-state index in [1.807, 2.05) is 0 Å². The number of amides is 1. The number of hydrogen-bond donors (Lipinski definition) is 3. The summed E-state index contributed by atoms with van der Waals surface area (Å²) in [5.41, 5.74) is 16.9. The lowest BCUT2D eigenvalue weighted by Gasteiger charge is -1.96. The van der Waals surface area contributed by atoms with Crippen LogP contribution in [0, 0.1) is 0 Å². The lowest BCUT2D eigenvalue weighted by atomic mass is 10.2. The van der Waals surface area contributed by atoms with Gasteiger partial charge in [0.25, 0.3) is 0 Å². The third-order valence-corrected chi connectivity index (χ3v) is 1.59. The first-order chi connectivity index (χ1) is 7.08. The average Bonchev–Trinajstić information content (AvgIpc) is 2.16. The Hall–Kier alpha value is -2.01. The van der Waals surface area contributed by atoms with Crippen LogP contribution in [0.3, 0.4) is 0 Å². The number of nitrogens with zero attached hydrogens (tertiary/aromatic N) is 1. The molecular weight excluding hydrogens is 228 g/mol. The maximum atomic E-state index is 10.5. The number of hydrogen-bond acceptors (Lipinski definition) is 2. The van der Waals surface area contributed by atoms with Crippen LogP contribution in [-0.2, 0) is 4.79 Å².